The molecule has 1 aromatic rings. The lowest BCUT2D eigenvalue weighted by Gasteiger charge is -2.22. The quantitative estimate of drug-likeness (QED) is 0.749. The Balaban J connectivity index is 3.34. The van der Waals surface area contributed by atoms with E-state index in [1.807, 2.05) is 0 Å². The second-order valence-corrected chi connectivity index (χ2v) is 5.82. The molecule has 1 rings (SSSR count). The summed E-state index contributed by atoms with van der Waals surface area (Å²) in [5, 5.41) is 0. The van der Waals surface area contributed by atoms with E-state index in [-0.39, 0.29) is 24.3 Å². The van der Waals surface area contributed by atoms with Gasteiger partial charge in [-0.2, -0.15) is 0 Å². The Morgan fingerprint density at radius 2 is 1.74 bits per heavy atom. The van der Waals surface area contributed by atoms with Crippen molar-refractivity contribution in [3.05, 3.63) is 23.3 Å². The minimum absolute atomic E-state index is 0.0528. The van der Waals surface area contributed by atoms with Crippen LogP contribution in [0.15, 0.2) is 12.1 Å². The fourth-order valence-electron chi connectivity index (χ4n) is 2.04. The van der Waals surface area contributed by atoms with Gasteiger partial charge in [0.15, 0.2) is 11.5 Å². The molecule has 0 saturated heterocycles. The monoisotopic (exact) mass is 324 g/mol. The predicted octanol–water partition coefficient (Wildman–Crippen LogP) is 2.76. The Bertz CT molecular complexity index is 571. The molecule has 0 aliphatic carbocycles. The molecule has 0 bridgehead atoms. The standard InChI is InChI=1S/C17H24O6/c1-7-22-13(18)10-11-8-9-12(20-5)15(21-6)14(11)16(19)23-17(2,3)4/h8-9H,7,10H2,1-6H3. The minimum Gasteiger partial charge on any atom is -0.493 e. The Labute approximate surface area is 136 Å². The molecule has 0 N–H and O–H groups in total. The molecular formula is C17H24O6. The van der Waals surface area contributed by atoms with Gasteiger partial charge in [-0.25, -0.2) is 4.79 Å². The van der Waals surface area contributed by atoms with E-state index in [2.05, 4.69) is 0 Å². The van der Waals surface area contributed by atoms with Crippen LogP contribution < -0.4 is 9.47 Å². The highest BCUT2D eigenvalue weighted by Crippen LogP contribution is 2.35. The molecule has 0 aromatic heterocycles. The highest BCUT2D eigenvalue weighted by Gasteiger charge is 2.27. The fourth-order valence-corrected chi connectivity index (χ4v) is 2.04. The number of ether oxygens (including phenoxy) is 4. The van der Waals surface area contributed by atoms with E-state index >= 15 is 0 Å². The normalized spacial score (nSPS) is 10.9. The van der Waals surface area contributed by atoms with Gasteiger partial charge in [0.2, 0.25) is 0 Å². The molecule has 6 nitrogen and oxygen atoms in total. The maximum atomic E-state index is 12.6. The number of methoxy groups -OCH3 is 2. The number of hydrogen-bond donors (Lipinski definition) is 0. The highest BCUT2D eigenvalue weighted by atomic mass is 16.6. The smallest absolute Gasteiger partial charge is 0.342 e. The Morgan fingerprint density at radius 1 is 1.09 bits per heavy atom. The molecule has 0 aliphatic heterocycles. The summed E-state index contributed by atoms with van der Waals surface area (Å²) < 4.78 is 20.9. The molecule has 0 unspecified atom stereocenters. The molecule has 128 valence electrons. The van der Waals surface area contributed by atoms with E-state index in [9.17, 15) is 9.59 Å². The van der Waals surface area contributed by atoms with E-state index in [0.717, 1.165) is 0 Å². The van der Waals surface area contributed by atoms with Crippen molar-refractivity contribution < 1.29 is 28.5 Å². The number of rotatable bonds is 6. The van der Waals surface area contributed by atoms with Crippen molar-refractivity contribution in [3.8, 4) is 11.5 Å². The van der Waals surface area contributed by atoms with Gasteiger partial charge in [-0.3, -0.25) is 4.79 Å². The largest absolute Gasteiger partial charge is 0.493 e. The van der Waals surface area contributed by atoms with Gasteiger partial charge in [-0.05, 0) is 39.3 Å². The third-order valence-electron chi connectivity index (χ3n) is 2.88. The van der Waals surface area contributed by atoms with Crippen LogP contribution in [0.25, 0.3) is 0 Å². The lowest BCUT2D eigenvalue weighted by Crippen LogP contribution is -2.25. The zero-order chi connectivity index (χ0) is 17.6. The average Bonchev–Trinajstić information content (AvgIpc) is 2.44. The second kappa shape index (κ2) is 7.85. The van der Waals surface area contributed by atoms with Crippen molar-refractivity contribution in [3.63, 3.8) is 0 Å². The summed E-state index contributed by atoms with van der Waals surface area (Å²) in [5.41, 5.74) is -0.0306. The van der Waals surface area contributed by atoms with Crippen LogP contribution in [0.4, 0.5) is 0 Å². The van der Waals surface area contributed by atoms with Crippen molar-refractivity contribution in [2.24, 2.45) is 0 Å². The van der Waals surface area contributed by atoms with Gasteiger partial charge < -0.3 is 18.9 Å². The van der Waals surface area contributed by atoms with E-state index in [1.54, 1.807) is 39.8 Å². The van der Waals surface area contributed by atoms with Gasteiger partial charge in [-0.1, -0.05) is 6.07 Å². The van der Waals surface area contributed by atoms with Crippen molar-refractivity contribution in [2.45, 2.75) is 39.7 Å². The lowest BCUT2D eigenvalue weighted by atomic mass is 10.0. The van der Waals surface area contributed by atoms with Gasteiger partial charge in [-0.15, -0.1) is 0 Å². The summed E-state index contributed by atoms with van der Waals surface area (Å²) >= 11 is 0. The first-order valence-electron chi connectivity index (χ1n) is 7.36. The SMILES string of the molecule is CCOC(=O)Cc1ccc(OC)c(OC)c1C(=O)OC(C)(C)C. The molecule has 0 radical (unpaired) electrons. The van der Waals surface area contributed by atoms with Crippen molar-refractivity contribution in [1.29, 1.82) is 0 Å². The molecule has 23 heavy (non-hydrogen) atoms. The zero-order valence-electron chi connectivity index (χ0n) is 14.5. The summed E-state index contributed by atoms with van der Waals surface area (Å²) in [5.74, 6) is -0.374. The highest BCUT2D eigenvalue weighted by molar-refractivity contribution is 5.96. The minimum atomic E-state index is -0.674. The molecule has 0 aliphatic rings. The van der Waals surface area contributed by atoms with Gasteiger partial charge >= 0.3 is 11.9 Å². The molecule has 0 heterocycles. The number of esters is 2. The van der Waals surface area contributed by atoms with Crippen LogP contribution in [0.1, 0.15) is 43.6 Å². The van der Waals surface area contributed by atoms with Crippen LogP contribution in [-0.2, 0) is 20.7 Å². The molecule has 0 atom stereocenters. The third-order valence-corrected chi connectivity index (χ3v) is 2.88. The first-order chi connectivity index (χ1) is 10.7. The van der Waals surface area contributed by atoms with Crippen molar-refractivity contribution in [2.75, 3.05) is 20.8 Å². The Morgan fingerprint density at radius 3 is 2.22 bits per heavy atom. The average molecular weight is 324 g/mol. The van der Waals surface area contributed by atoms with Crippen LogP contribution in [-0.4, -0.2) is 38.4 Å². The summed E-state index contributed by atoms with van der Waals surface area (Å²) in [6, 6.07) is 3.28. The van der Waals surface area contributed by atoms with E-state index in [1.165, 1.54) is 14.2 Å². The van der Waals surface area contributed by atoms with Gasteiger partial charge in [0, 0.05) is 0 Å². The van der Waals surface area contributed by atoms with Crippen LogP contribution in [0.2, 0.25) is 0 Å². The predicted molar refractivity (Wildman–Crippen MR) is 85.1 cm³/mol. The van der Waals surface area contributed by atoms with Gasteiger partial charge in [0.25, 0.3) is 0 Å². The first kappa shape index (κ1) is 18.8. The third kappa shape index (κ3) is 5.16. The van der Waals surface area contributed by atoms with Crippen LogP contribution in [0.3, 0.4) is 0 Å². The Hall–Kier alpha value is -2.24. The molecule has 1 aromatic carbocycles. The molecule has 0 saturated carbocycles. The van der Waals surface area contributed by atoms with Gasteiger partial charge in [0.1, 0.15) is 11.2 Å². The van der Waals surface area contributed by atoms with Crippen LogP contribution in [0.5, 0.6) is 11.5 Å². The molecule has 0 spiro atoms. The van der Waals surface area contributed by atoms with E-state index in [4.69, 9.17) is 18.9 Å². The summed E-state index contributed by atoms with van der Waals surface area (Å²) in [7, 11) is 2.90. The van der Waals surface area contributed by atoms with Gasteiger partial charge in [0.05, 0.1) is 27.2 Å². The number of benzene rings is 1. The topological polar surface area (TPSA) is 71.1 Å². The molecule has 0 amide bonds. The van der Waals surface area contributed by atoms with Crippen LogP contribution in [0, 0.1) is 0 Å². The van der Waals surface area contributed by atoms with Crippen molar-refractivity contribution in [1.82, 2.24) is 0 Å². The van der Waals surface area contributed by atoms with E-state index < -0.39 is 17.5 Å². The van der Waals surface area contributed by atoms with Crippen molar-refractivity contribution >= 4 is 11.9 Å². The summed E-state index contributed by atoms with van der Waals surface area (Å²) in [6.45, 7) is 7.29. The lowest BCUT2D eigenvalue weighted by molar-refractivity contribution is -0.142. The molecule has 6 heteroatoms. The second-order valence-electron chi connectivity index (χ2n) is 5.82. The maximum absolute atomic E-state index is 12.6. The number of carbonyl (C=O) groups is 2. The zero-order valence-corrected chi connectivity index (χ0v) is 14.5. The Kier molecular flexibility index (Phi) is 6.42. The molecule has 0 fully saturated rings. The summed E-state index contributed by atoms with van der Waals surface area (Å²) in [6.07, 6.45) is -0.0528. The first-order valence-corrected chi connectivity index (χ1v) is 7.36. The fraction of sp³-hybridized carbons (Fsp3) is 0.529. The van der Waals surface area contributed by atoms with Crippen LogP contribution >= 0.6 is 0 Å². The van der Waals surface area contributed by atoms with E-state index in [0.29, 0.717) is 11.3 Å². The summed E-state index contributed by atoms with van der Waals surface area (Å²) in [4.78, 5) is 24.3. The maximum Gasteiger partial charge on any atom is 0.342 e. The number of carbonyl (C=O) groups excluding carboxylic acids is 2. The molecular weight excluding hydrogens is 300 g/mol. The number of hydrogen-bond acceptors (Lipinski definition) is 6.